The van der Waals surface area contributed by atoms with Gasteiger partial charge in [0.25, 0.3) is 5.92 Å². The Morgan fingerprint density at radius 1 is 1.15 bits per heavy atom. The summed E-state index contributed by atoms with van der Waals surface area (Å²) >= 11 is 0. The quantitative estimate of drug-likeness (QED) is 0.646. The number of para-hydroxylation sites is 1. The number of anilines is 1. The van der Waals surface area contributed by atoms with Crippen LogP contribution in [0.5, 0.6) is 0 Å². The Bertz CT molecular complexity index is 284. The molecule has 0 saturated carbocycles. The molecular weight excluding hydrogens is 172 g/mol. The van der Waals surface area contributed by atoms with E-state index in [1.807, 2.05) is 30.3 Å². The van der Waals surface area contributed by atoms with Gasteiger partial charge in [-0.1, -0.05) is 18.2 Å². The van der Waals surface area contributed by atoms with Crippen LogP contribution in [0.15, 0.2) is 30.3 Å². The normalized spacial score (nSPS) is 20.6. The second kappa shape index (κ2) is 2.98. The topological polar surface area (TPSA) is 3.24 Å². The molecule has 1 heterocycles. The summed E-state index contributed by atoms with van der Waals surface area (Å²) < 4.78 is 25.7. The molecule has 1 fully saturated rings. The van der Waals surface area contributed by atoms with Gasteiger partial charge in [-0.05, 0) is 12.1 Å². The van der Waals surface area contributed by atoms with Gasteiger partial charge in [-0.15, -0.1) is 0 Å². The number of hydrogen-bond acceptors (Lipinski definition) is 1. The van der Waals surface area contributed by atoms with Crippen molar-refractivity contribution in [1.82, 2.24) is 0 Å². The first-order chi connectivity index (χ1) is 6.17. The predicted molar refractivity (Wildman–Crippen MR) is 48.2 cm³/mol. The van der Waals surface area contributed by atoms with Gasteiger partial charge in [0.05, 0.1) is 6.54 Å². The van der Waals surface area contributed by atoms with Gasteiger partial charge in [0.2, 0.25) is 0 Å². The zero-order chi connectivity index (χ0) is 9.31. The summed E-state index contributed by atoms with van der Waals surface area (Å²) in [6.45, 7) is 0.314. The third kappa shape index (κ3) is 1.79. The van der Waals surface area contributed by atoms with E-state index in [0.29, 0.717) is 6.54 Å². The van der Waals surface area contributed by atoms with Gasteiger partial charge in [0.1, 0.15) is 0 Å². The first-order valence-electron chi connectivity index (χ1n) is 4.35. The Morgan fingerprint density at radius 3 is 2.38 bits per heavy atom. The second-order valence-corrected chi connectivity index (χ2v) is 3.36. The van der Waals surface area contributed by atoms with Crippen molar-refractivity contribution in [2.75, 3.05) is 18.0 Å². The van der Waals surface area contributed by atoms with E-state index in [1.165, 1.54) is 0 Å². The van der Waals surface area contributed by atoms with Crippen LogP contribution in [0.3, 0.4) is 0 Å². The van der Waals surface area contributed by atoms with Crippen LogP contribution in [0.1, 0.15) is 6.42 Å². The van der Waals surface area contributed by atoms with Crippen LogP contribution in [0.2, 0.25) is 0 Å². The van der Waals surface area contributed by atoms with Crippen molar-refractivity contribution >= 4 is 5.69 Å². The number of nitrogens with zero attached hydrogens (tertiary/aromatic N) is 1. The van der Waals surface area contributed by atoms with Gasteiger partial charge in [0, 0.05) is 18.7 Å². The molecule has 0 spiro atoms. The van der Waals surface area contributed by atoms with Crippen LogP contribution in [-0.2, 0) is 0 Å². The smallest absolute Gasteiger partial charge is 0.266 e. The maximum absolute atomic E-state index is 12.8. The molecule has 1 aromatic carbocycles. The van der Waals surface area contributed by atoms with Crippen molar-refractivity contribution in [1.29, 1.82) is 0 Å². The first kappa shape index (κ1) is 8.48. The minimum absolute atomic E-state index is 0.0259. The first-order valence-corrected chi connectivity index (χ1v) is 4.35. The van der Waals surface area contributed by atoms with E-state index in [4.69, 9.17) is 0 Å². The van der Waals surface area contributed by atoms with Gasteiger partial charge in [-0.25, -0.2) is 8.78 Å². The van der Waals surface area contributed by atoms with Crippen LogP contribution < -0.4 is 4.90 Å². The molecule has 2 rings (SSSR count). The molecular formula is C10H11F2N. The fourth-order valence-electron chi connectivity index (χ4n) is 1.60. The Morgan fingerprint density at radius 2 is 1.85 bits per heavy atom. The largest absolute Gasteiger partial charge is 0.365 e. The van der Waals surface area contributed by atoms with E-state index >= 15 is 0 Å². The molecule has 1 saturated heterocycles. The summed E-state index contributed by atoms with van der Waals surface area (Å²) in [5.41, 5.74) is 0.889. The molecule has 1 aliphatic rings. The highest BCUT2D eigenvalue weighted by molar-refractivity contribution is 5.47. The minimum Gasteiger partial charge on any atom is -0.365 e. The summed E-state index contributed by atoms with van der Waals surface area (Å²) in [6.07, 6.45) is -0.0259. The van der Waals surface area contributed by atoms with Crippen molar-refractivity contribution in [3.63, 3.8) is 0 Å². The molecule has 70 valence electrons. The molecule has 0 aromatic heterocycles. The van der Waals surface area contributed by atoms with E-state index in [-0.39, 0.29) is 13.0 Å². The highest BCUT2D eigenvalue weighted by Crippen LogP contribution is 2.30. The Balaban J connectivity index is 2.13. The van der Waals surface area contributed by atoms with Crippen LogP contribution in [-0.4, -0.2) is 19.0 Å². The van der Waals surface area contributed by atoms with Crippen LogP contribution >= 0.6 is 0 Å². The van der Waals surface area contributed by atoms with E-state index in [0.717, 1.165) is 5.69 Å². The zero-order valence-electron chi connectivity index (χ0n) is 7.21. The van der Waals surface area contributed by atoms with Crippen molar-refractivity contribution in [2.45, 2.75) is 12.3 Å². The molecule has 1 aliphatic heterocycles. The van der Waals surface area contributed by atoms with Crippen LogP contribution in [0.25, 0.3) is 0 Å². The standard InChI is InChI=1S/C10H11F2N/c11-10(12)6-7-13(8-10)9-4-2-1-3-5-9/h1-5H,6-8H2. The third-order valence-electron chi connectivity index (χ3n) is 2.29. The number of benzene rings is 1. The van der Waals surface area contributed by atoms with Gasteiger partial charge in [0.15, 0.2) is 0 Å². The van der Waals surface area contributed by atoms with Crippen molar-refractivity contribution < 1.29 is 8.78 Å². The number of halogens is 2. The van der Waals surface area contributed by atoms with Crippen molar-refractivity contribution in [3.8, 4) is 0 Å². The van der Waals surface area contributed by atoms with E-state index < -0.39 is 5.92 Å². The van der Waals surface area contributed by atoms with Gasteiger partial charge in [-0.3, -0.25) is 0 Å². The Hall–Kier alpha value is -1.12. The monoisotopic (exact) mass is 183 g/mol. The fraction of sp³-hybridized carbons (Fsp3) is 0.400. The molecule has 0 aliphatic carbocycles. The molecule has 0 N–H and O–H groups in total. The van der Waals surface area contributed by atoms with E-state index in [2.05, 4.69) is 0 Å². The summed E-state index contributed by atoms with van der Waals surface area (Å²) in [5, 5.41) is 0. The van der Waals surface area contributed by atoms with E-state index in [9.17, 15) is 8.78 Å². The summed E-state index contributed by atoms with van der Waals surface area (Å²) in [7, 11) is 0. The zero-order valence-corrected chi connectivity index (χ0v) is 7.21. The molecule has 0 bridgehead atoms. The lowest BCUT2D eigenvalue weighted by Gasteiger charge is -2.17. The SMILES string of the molecule is FC1(F)CCN(c2ccccc2)C1. The molecule has 0 radical (unpaired) electrons. The Labute approximate surface area is 76.0 Å². The van der Waals surface area contributed by atoms with E-state index in [1.54, 1.807) is 4.90 Å². The molecule has 0 amide bonds. The highest BCUT2D eigenvalue weighted by Gasteiger charge is 2.38. The van der Waals surface area contributed by atoms with Crippen LogP contribution in [0, 0.1) is 0 Å². The second-order valence-electron chi connectivity index (χ2n) is 3.36. The Kier molecular flexibility index (Phi) is 1.94. The average Bonchev–Trinajstić information content (AvgIpc) is 2.48. The molecule has 3 heteroatoms. The minimum atomic E-state index is -2.50. The molecule has 0 unspecified atom stereocenters. The maximum atomic E-state index is 12.8. The maximum Gasteiger partial charge on any atom is 0.266 e. The van der Waals surface area contributed by atoms with Crippen molar-refractivity contribution in [3.05, 3.63) is 30.3 Å². The molecule has 13 heavy (non-hydrogen) atoms. The molecule has 1 aromatic rings. The van der Waals surface area contributed by atoms with Crippen molar-refractivity contribution in [2.24, 2.45) is 0 Å². The average molecular weight is 183 g/mol. The van der Waals surface area contributed by atoms with Gasteiger partial charge >= 0.3 is 0 Å². The molecule has 0 atom stereocenters. The summed E-state index contributed by atoms with van der Waals surface area (Å²) in [6, 6.07) is 9.35. The number of alkyl halides is 2. The lowest BCUT2D eigenvalue weighted by molar-refractivity contribution is 0.0257. The molecule has 1 nitrogen and oxygen atoms in total. The summed E-state index contributed by atoms with van der Waals surface area (Å²) in [5.74, 6) is -2.50. The predicted octanol–water partition coefficient (Wildman–Crippen LogP) is 2.53. The van der Waals surface area contributed by atoms with Gasteiger partial charge < -0.3 is 4.90 Å². The fourth-order valence-corrected chi connectivity index (χ4v) is 1.60. The number of rotatable bonds is 1. The summed E-state index contributed by atoms with van der Waals surface area (Å²) in [4.78, 5) is 1.72. The van der Waals surface area contributed by atoms with Gasteiger partial charge in [-0.2, -0.15) is 0 Å². The lowest BCUT2D eigenvalue weighted by Crippen LogP contribution is -2.24. The van der Waals surface area contributed by atoms with Crippen LogP contribution in [0.4, 0.5) is 14.5 Å². The number of hydrogen-bond donors (Lipinski definition) is 0. The highest BCUT2D eigenvalue weighted by atomic mass is 19.3. The third-order valence-corrected chi connectivity index (χ3v) is 2.29. The lowest BCUT2D eigenvalue weighted by atomic mass is 10.3.